The van der Waals surface area contributed by atoms with Crippen molar-refractivity contribution in [2.24, 2.45) is 0 Å². The quantitative estimate of drug-likeness (QED) is 0.822. The lowest BCUT2D eigenvalue weighted by molar-refractivity contribution is 0.0949. The summed E-state index contributed by atoms with van der Waals surface area (Å²) in [7, 11) is 5.45. The van der Waals surface area contributed by atoms with Gasteiger partial charge in [-0.2, -0.15) is 0 Å². The van der Waals surface area contributed by atoms with Crippen LogP contribution in [0.4, 0.5) is 0 Å². The number of halogens is 2. The van der Waals surface area contributed by atoms with Crippen LogP contribution in [-0.4, -0.2) is 45.1 Å². The molecule has 0 aromatic heterocycles. The zero-order chi connectivity index (χ0) is 14.4. The molecule has 1 aromatic rings. The van der Waals surface area contributed by atoms with Crippen LogP contribution < -0.4 is 10.1 Å². The first-order valence-electron chi connectivity index (χ1n) is 5.91. The van der Waals surface area contributed by atoms with Gasteiger partial charge in [0.2, 0.25) is 0 Å². The fraction of sp³-hybridized carbons (Fsp3) is 0.462. The van der Waals surface area contributed by atoms with Gasteiger partial charge in [0.05, 0.1) is 17.7 Å². The number of hydrogen-bond acceptors (Lipinski definition) is 3. The first-order chi connectivity index (χ1) is 8.95. The molecule has 106 valence electrons. The minimum Gasteiger partial charge on any atom is -0.494 e. The summed E-state index contributed by atoms with van der Waals surface area (Å²) in [4.78, 5) is 14.1. The van der Waals surface area contributed by atoms with E-state index in [2.05, 4.69) is 10.2 Å². The Morgan fingerprint density at radius 3 is 2.63 bits per heavy atom. The Morgan fingerprint density at radius 1 is 1.37 bits per heavy atom. The summed E-state index contributed by atoms with van der Waals surface area (Å²) in [5.41, 5.74) is 0.352. The second-order valence-corrected chi connectivity index (χ2v) is 5.22. The number of methoxy groups -OCH3 is 1. The highest BCUT2D eigenvalue weighted by atomic mass is 35.5. The number of nitrogens with zero attached hydrogens (tertiary/aromatic N) is 1. The highest BCUT2D eigenvalue weighted by Gasteiger charge is 2.16. The molecule has 0 saturated heterocycles. The fourth-order valence-corrected chi connectivity index (χ4v) is 2.20. The summed E-state index contributed by atoms with van der Waals surface area (Å²) in [6.45, 7) is 1.50. The SMILES string of the molecule is COc1c(Cl)cc(Cl)cc1C(=O)NCCCN(C)C. The van der Waals surface area contributed by atoms with Crippen LogP contribution in [0.5, 0.6) is 5.75 Å². The molecule has 4 nitrogen and oxygen atoms in total. The molecule has 1 amide bonds. The van der Waals surface area contributed by atoms with Gasteiger partial charge in [-0.3, -0.25) is 4.79 Å². The monoisotopic (exact) mass is 304 g/mol. The van der Waals surface area contributed by atoms with E-state index in [-0.39, 0.29) is 5.91 Å². The van der Waals surface area contributed by atoms with Crippen LogP contribution in [0.25, 0.3) is 0 Å². The third-order valence-corrected chi connectivity index (χ3v) is 3.02. The summed E-state index contributed by atoms with van der Waals surface area (Å²) in [5, 5.41) is 3.55. The zero-order valence-corrected chi connectivity index (χ0v) is 12.8. The number of nitrogens with one attached hydrogen (secondary N) is 1. The van der Waals surface area contributed by atoms with Crippen molar-refractivity contribution in [2.45, 2.75) is 6.42 Å². The summed E-state index contributed by atoms with van der Waals surface area (Å²) in [6, 6.07) is 3.10. The third-order valence-electron chi connectivity index (χ3n) is 2.52. The predicted molar refractivity (Wildman–Crippen MR) is 78.5 cm³/mol. The average molecular weight is 305 g/mol. The number of hydrogen-bond donors (Lipinski definition) is 1. The minimum absolute atomic E-state index is 0.236. The molecule has 0 radical (unpaired) electrons. The maximum atomic E-state index is 12.1. The van der Waals surface area contributed by atoms with Gasteiger partial charge in [-0.05, 0) is 39.2 Å². The van der Waals surface area contributed by atoms with Crippen LogP contribution in [0.3, 0.4) is 0 Å². The standard InChI is InChI=1S/C13H18Cl2N2O2/c1-17(2)6-4-5-16-13(18)10-7-9(14)8-11(15)12(10)19-3/h7-8H,4-6H2,1-3H3,(H,16,18). The molecule has 0 atom stereocenters. The molecule has 0 bridgehead atoms. The van der Waals surface area contributed by atoms with Gasteiger partial charge in [0.15, 0.2) is 0 Å². The van der Waals surface area contributed by atoms with Gasteiger partial charge in [0.25, 0.3) is 5.91 Å². The van der Waals surface area contributed by atoms with Crippen molar-refractivity contribution in [1.82, 2.24) is 10.2 Å². The molecule has 0 fully saturated rings. The normalized spacial score (nSPS) is 10.6. The summed E-state index contributed by atoms with van der Waals surface area (Å²) < 4.78 is 5.14. The van der Waals surface area contributed by atoms with E-state index in [1.165, 1.54) is 7.11 Å². The molecule has 6 heteroatoms. The van der Waals surface area contributed by atoms with E-state index in [0.717, 1.165) is 13.0 Å². The minimum atomic E-state index is -0.236. The smallest absolute Gasteiger partial charge is 0.255 e. The van der Waals surface area contributed by atoms with Crippen LogP contribution in [0.15, 0.2) is 12.1 Å². The molecular weight excluding hydrogens is 287 g/mol. The average Bonchev–Trinajstić information content (AvgIpc) is 2.33. The second kappa shape index (κ2) is 7.58. The van der Waals surface area contributed by atoms with Gasteiger partial charge < -0.3 is 15.0 Å². The number of carbonyl (C=O) groups is 1. The van der Waals surface area contributed by atoms with E-state index >= 15 is 0 Å². The van der Waals surface area contributed by atoms with Crippen LogP contribution in [0, 0.1) is 0 Å². The Kier molecular flexibility index (Phi) is 6.42. The van der Waals surface area contributed by atoms with E-state index in [1.54, 1.807) is 12.1 Å². The van der Waals surface area contributed by atoms with Crippen LogP contribution in [0.1, 0.15) is 16.8 Å². The van der Waals surface area contributed by atoms with Crippen molar-refractivity contribution in [2.75, 3.05) is 34.3 Å². The predicted octanol–water partition coefficient (Wildman–Crippen LogP) is 2.68. The van der Waals surface area contributed by atoms with Crippen LogP contribution >= 0.6 is 23.2 Å². The number of rotatable bonds is 6. The van der Waals surface area contributed by atoms with E-state index in [4.69, 9.17) is 27.9 Å². The maximum Gasteiger partial charge on any atom is 0.255 e. The van der Waals surface area contributed by atoms with E-state index in [0.29, 0.717) is 27.9 Å². The first-order valence-corrected chi connectivity index (χ1v) is 6.67. The van der Waals surface area contributed by atoms with Gasteiger partial charge in [-0.1, -0.05) is 23.2 Å². The molecule has 0 unspecified atom stereocenters. The summed E-state index contributed by atoms with van der Waals surface area (Å²) in [6.07, 6.45) is 0.870. The fourth-order valence-electron chi connectivity index (χ4n) is 1.63. The molecule has 19 heavy (non-hydrogen) atoms. The van der Waals surface area contributed by atoms with Crippen molar-refractivity contribution in [1.29, 1.82) is 0 Å². The Hall–Kier alpha value is -0.970. The second-order valence-electron chi connectivity index (χ2n) is 4.38. The van der Waals surface area contributed by atoms with Gasteiger partial charge in [-0.25, -0.2) is 0 Å². The van der Waals surface area contributed by atoms with Crippen molar-refractivity contribution < 1.29 is 9.53 Å². The molecule has 0 saturated carbocycles. The van der Waals surface area contributed by atoms with Crippen molar-refractivity contribution in [3.63, 3.8) is 0 Å². The molecule has 1 aromatic carbocycles. The Morgan fingerprint density at radius 2 is 2.05 bits per heavy atom. The number of ether oxygens (including phenoxy) is 1. The Labute approximate surface area is 123 Å². The zero-order valence-electron chi connectivity index (χ0n) is 11.3. The molecular formula is C13H18Cl2N2O2. The van der Waals surface area contributed by atoms with E-state index < -0.39 is 0 Å². The van der Waals surface area contributed by atoms with Crippen LogP contribution in [0.2, 0.25) is 10.0 Å². The Bertz CT molecular complexity index is 451. The molecule has 0 aliphatic carbocycles. The van der Waals surface area contributed by atoms with Crippen molar-refractivity contribution >= 4 is 29.1 Å². The van der Waals surface area contributed by atoms with Crippen LogP contribution in [-0.2, 0) is 0 Å². The van der Waals surface area contributed by atoms with E-state index in [1.807, 2.05) is 14.1 Å². The lowest BCUT2D eigenvalue weighted by atomic mass is 10.2. The number of amides is 1. The van der Waals surface area contributed by atoms with Gasteiger partial charge in [-0.15, -0.1) is 0 Å². The maximum absolute atomic E-state index is 12.1. The molecule has 0 spiro atoms. The van der Waals surface area contributed by atoms with E-state index in [9.17, 15) is 4.79 Å². The molecule has 1 rings (SSSR count). The highest BCUT2D eigenvalue weighted by Crippen LogP contribution is 2.32. The topological polar surface area (TPSA) is 41.6 Å². The number of carbonyl (C=O) groups excluding carboxylic acids is 1. The van der Waals surface area contributed by atoms with Crippen molar-refractivity contribution in [3.8, 4) is 5.75 Å². The van der Waals surface area contributed by atoms with Gasteiger partial charge in [0.1, 0.15) is 5.75 Å². The molecule has 0 heterocycles. The molecule has 0 aliphatic rings. The van der Waals surface area contributed by atoms with Gasteiger partial charge in [0, 0.05) is 11.6 Å². The lowest BCUT2D eigenvalue weighted by Gasteiger charge is -2.12. The summed E-state index contributed by atoms with van der Waals surface area (Å²) in [5.74, 6) is 0.108. The largest absolute Gasteiger partial charge is 0.494 e. The first kappa shape index (κ1) is 16.1. The summed E-state index contributed by atoms with van der Waals surface area (Å²) >= 11 is 11.9. The third kappa shape index (κ3) is 4.90. The lowest BCUT2D eigenvalue weighted by Crippen LogP contribution is -2.27. The Balaban J connectivity index is 2.71. The van der Waals surface area contributed by atoms with Crippen molar-refractivity contribution in [3.05, 3.63) is 27.7 Å². The molecule has 1 N–H and O–H groups in total. The van der Waals surface area contributed by atoms with Gasteiger partial charge >= 0.3 is 0 Å². The highest BCUT2D eigenvalue weighted by molar-refractivity contribution is 6.36. The molecule has 0 aliphatic heterocycles. The number of benzene rings is 1.